The van der Waals surface area contributed by atoms with Gasteiger partial charge in [-0.1, -0.05) is 26.0 Å². The Morgan fingerprint density at radius 1 is 1.00 bits per heavy atom. The third-order valence-electron chi connectivity index (χ3n) is 5.74. The second-order valence-electron chi connectivity index (χ2n) is 8.92. The predicted octanol–water partition coefficient (Wildman–Crippen LogP) is 3.61. The van der Waals surface area contributed by atoms with E-state index in [2.05, 4.69) is 29.1 Å². The van der Waals surface area contributed by atoms with Gasteiger partial charge in [-0.3, -0.25) is 9.79 Å². The lowest BCUT2D eigenvalue weighted by molar-refractivity contribution is -0.0586. The molecule has 1 aromatic carbocycles. The molecule has 168 valence electrons. The Morgan fingerprint density at radius 2 is 1.57 bits per heavy atom. The minimum Gasteiger partial charge on any atom is -0.372 e. The Labute approximate surface area is 198 Å². The Bertz CT molecular complexity index is 704. The van der Waals surface area contributed by atoms with Gasteiger partial charge in [0.15, 0.2) is 5.96 Å². The molecule has 1 N–H and O–H groups in total. The molecule has 1 amide bonds. The van der Waals surface area contributed by atoms with Gasteiger partial charge in [-0.15, -0.1) is 24.0 Å². The van der Waals surface area contributed by atoms with Crippen molar-refractivity contribution >= 4 is 35.8 Å². The van der Waals surface area contributed by atoms with Crippen molar-refractivity contribution in [2.75, 3.05) is 33.2 Å². The number of nitrogens with one attached hydrogen (secondary N) is 1. The van der Waals surface area contributed by atoms with Crippen molar-refractivity contribution in [2.45, 2.75) is 52.9 Å². The van der Waals surface area contributed by atoms with E-state index in [1.165, 1.54) is 6.42 Å². The molecule has 2 heterocycles. The Morgan fingerprint density at radius 3 is 2.10 bits per heavy atom. The molecule has 6 nitrogen and oxygen atoms in total. The molecule has 2 aliphatic heterocycles. The van der Waals surface area contributed by atoms with Crippen LogP contribution in [0, 0.1) is 11.8 Å². The lowest BCUT2D eigenvalue weighted by atomic mass is 9.92. The molecule has 0 aromatic heterocycles. The summed E-state index contributed by atoms with van der Waals surface area (Å²) in [5, 5.41) is 3.48. The monoisotopic (exact) mass is 528 g/mol. The fourth-order valence-corrected chi connectivity index (χ4v) is 4.64. The van der Waals surface area contributed by atoms with Gasteiger partial charge in [0.25, 0.3) is 5.91 Å². The van der Waals surface area contributed by atoms with Gasteiger partial charge in [-0.05, 0) is 49.8 Å². The zero-order chi connectivity index (χ0) is 21.0. The first kappa shape index (κ1) is 24.9. The van der Waals surface area contributed by atoms with Crippen molar-refractivity contribution in [1.29, 1.82) is 0 Å². The molecule has 0 saturated carbocycles. The largest absolute Gasteiger partial charge is 0.372 e. The zero-order valence-electron chi connectivity index (χ0n) is 18.9. The van der Waals surface area contributed by atoms with E-state index in [0.29, 0.717) is 31.5 Å². The normalized spacial score (nSPS) is 27.4. The van der Waals surface area contributed by atoms with E-state index >= 15 is 0 Å². The second kappa shape index (κ2) is 11.3. The lowest BCUT2D eigenvalue weighted by Gasteiger charge is -2.37. The van der Waals surface area contributed by atoms with Crippen LogP contribution >= 0.6 is 24.0 Å². The van der Waals surface area contributed by atoms with Crippen LogP contribution in [0.3, 0.4) is 0 Å². The average Bonchev–Trinajstić information content (AvgIpc) is 2.67. The van der Waals surface area contributed by atoms with Crippen molar-refractivity contribution < 1.29 is 9.53 Å². The number of carbonyl (C=O) groups is 1. The molecule has 0 aliphatic carbocycles. The smallest absolute Gasteiger partial charge is 0.254 e. The first-order valence-electron chi connectivity index (χ1n) is 10.8. The second-order valence-corrected chi connectivity index (χ2v) is 8.92. The lowest BCUT2D eigenvalue weighted by Crippen LogP contribution is -2.48. The van der Waals surface area contributed by atoms with Crippen LogP contribution in [0.1, 0.15) is 50.0 Å². The molecule has 0 bridgehead atoms. The van der Waals surface area contributed by atoms with Crippen LogP contribution in [-0.2, 0) is 11.3 Å². The summed E-state index contributed by atoms with van der Waals surface area (Å²) in [5.74, 6) is 2.42. The maximum atomic E-state index is 12.8. The highest BCUT2D eigenvalue weighted by Gasteiger charge is 2.27. The van der Waals surface area contributed by atoms with Crippen molar-refractivity contribution in [3.63, 3.8) is 0 Å². The minimum atomic E-state index is 0. The summed E-state index contributed by atoms with van der Waals surface area (Å²) in [7, 11) is 1.85. The van der Waals surface area contributed by atoms with E-state index in [9.17, 15) is 4.79 Å². The summed E-state index contributed by atoms with van der Waals surface area (Å²) < 4.78 is 5.73. The van der Waals surface area contributed by atoms with E-state index in [1.54, 1.807) is 0 Å². The van der Waals surface area contributed by atoms with Gasteiger partial charge in [0.05, 0.1) is 12.2 Å². The Balaban J connectivity index is 0.00000320. The quantitative estimate of drug-likeness (QED) is 0.370. The molecule has 2 fully saturated rings. The molecule has 2 saturated heterocycles. The van der Waals surface area contributed by atoms with Crippen LogP contribution in [0.25, 0.3) is 0 Å². The molecule has 2 aliphatic rings. The van der Waals surface area contributed by atoms with Crippen LogP contribution in [0.2, 0.25) is 0 Å². The highest BCUT2D eigenvalue weighted by molar-refractivity contribution is 14.0. The first-order chi connectivity index (χ1) is 13.9. The van der Waals surface area contributed by atoms with E-state index in [4.69, 9.17) is 4.74 Å². The van der Waals surface area contributed by atoms with Gasteiger partial charge in [0.2, 0.25) is 0 Å². The standard InChI is InChI=1S/C23H36N4O2.HI/c1-16-10-17(2)13-27(12-16)23(24-5)25-11-20-6-8-21(9-7-20)22(28)26-14-18(3)29-19(4)15-26;/h6-9,16-19H,10-15H2,1-5H3,(H,24,25);1H. The SMILES string of the molecule is CN=C(NCc1ccc(C(=O)N2CC(C)OC(C)C2)cc1)N1CC(C)CC(C)C1.I. The summed E-state index contributed by atoms with van der Waals surface area (Å²) in [6.07, 6.45) is 1.44. The van der Waals surface area contributed by atoms with Gasteiger partial charge in [0, 0.05) is 45.3 Å². The van der Waals surface area contributed by atoms with Crippen molar-refractivity contribution in [2.24, 2.45) is 16.8 Å². The van der Waals surface area contributed by atoms with Crippen LogP contribution in [0.5, 0.6) is 0 Å². The molecular formula is C23H37IN4O2. The van der Waals surface area contributed by atoms with E-state index in [1.807, 2.05) is 50.1 Å². The fraction of sp³-hybridized carbons (Fsp3) is 0.652. The number of likely N-dealkylation sites (tertiary alicyclic amines) is 1. The predicted molar refractivity (Wildman–Crippen MR) is 132 cm³/mol. The molecule has 3 rings (SSSR count). The van der Waals surface area contributed by atoms with Crippen LogP contribution < -0.4 is 5.32 Å². The number of nitrogens with zero attached hydrogens (tertiary/aromatic N) is 3. The zero-order valence-corrected chi connectivity index (χ0v) is 21.3. The maximum Gasteiger partial charge on any atom is 0.254 e. The van der Waals surface area contributed by atoms with Crippen LogP contribution in [0.4, 0.5) is 0 Å². The van der Waals surface area contributed by atoms with Crippen LogP contribution in [0.15, 0.2) is 29.3 Å². The van der Waals surface area contributed by atoms with Gasteiger partial charge in [0.1, 0.15) is 0 Å². The fourth-order valence-electron chi connectivity index (χ4n) is 4.64. The topological polar surface area (TPSA) is 57.2 Å². The number of benzene rings is 1. The number of piperidine rings is 1. The Kier molecular flexibility index (Phi) is 9.40. The molecule has 30 heavy (non-hydrogen) atoms. The highest BCUT2D eigenvalue weighted by atomic mass is 127. The number of amides is 1. The highest BCUT2D eigenvalue weighted by Crippen LogP contribution is 2.21. The molecule has 7 heteroatoms. The third-order valence-corrected chi connectivity index (χ3v) is 5.74. The van der Waals surface area contributed by atoms with E-state index in [0.717, 1.165) is 30.2 Å². The third kappa shape index (κ3) is 6.57. The minimum absolute atomic E-state index is 0. The Hall–Kier alpha value is -1.35. The summed E-state index contributed by atoms with van der Waals surface area (Å²) in [6, 6.07) is 7.92. The number of aliphatic imine (C=N–C) groups is 1. The number of morpholine rings is 1. The van der Waals surface area contributed by atoms with E-state index in [-0.39, 0.29) is 42.1 Å². The molecule has 0 spiro atoms. The van der Waals surface area contributed by atoms with Crippen molar-refractivity contribution in [1.82, 2.24) is 15.1 Å². The average molecular weight is 528 g/mol. The number of rotatable bonds is 3. The van der Waals surface area contributed by atoms with Gasteiger partial charge < -0.3 is 19.9 Å². The number of guanidine groups is 1. The van der Waals surface area contributed by atoms with Gasteiger partial charge in [-0.2, -0.15) is 0 Å². The molecule has 4 atom stereocenters. The number of hydrogen-bond acceptors (Lipinski definition) is 3. The van der Waals surface area contributed by atoms with Crippen molar-refractivity contribution in [3.8, 4) is 0 Å². The number of hydrogen-bond donors (Lipinski definition) is 1. The molecule has 1 aromatic rings. The van der Waals surface area contributed by atoms with Crippen molar-refractivity contribution in [3.05, 3.63) is 35.4 Å². The molecule has 0 radical (unpaired) electrons. The number of halogens is 1. The summed E-state index contributed by atoms with van der Waals surface area (Å²) in [5.41, 5.74) is 1.88. The van der Waals surface area contributed by atoms with Gasteiger partial charge in [-0.25, -0.2) is 0 Å². The van der Waals surface area contributed by atoms with Crippen LogP contribution in [-0.4, -0.2) is 67.1 Å². The molecule has 4 unspecified atom stereocenters. The number of ether oxygens (including phenoxy) is 1. The summed E-state index contributed by atoms with van der Waals surface area (Å²) in [6.45, 7) is 12.7. The van der Waals surface area contributed by atoms with Gasteiger partial charge >= 0.3 is 0 Å². The number of carbonyl (C=O) groups excluding carboxylic acids is 1. The maximum absolute atomic E-state index is 12.8. The summed E-state index contributed by atoms with van der Waals surface area (Å²) >= 11 is 0. The summed E-state index contributed by atoms with van der Waals surface area (Å²) in [4.78, 5) is 21.5. The molecular weight excluding hydrogens is 491 g/mol. The first-order valence-corrected chi connectivity index (χ1v) is 10.8. The van der Waals surface area contributed by atoms with E-state index < -0.39 is 0 Å².